The van der Waals surface area contributed by atoms with Crippen molar-refractivity contribution in [2.24, 2.45) is 0 Å². The fraction of sp³-hybridized carbons (Fsp3) is 0.467. The van der Waals surface area contributed by atoms with Crippen LogP contribution in [0.1, 0.15) is 63.1 Å². The van der Waals surface area contributed by atoms with Crippen LogP contribution in [0.5, 0.6) is 11.5 Å². The molecule has 1 amide bonds. The number of aliphatic hydroxyl groups is 1. The number of carbonyl (C=O) groups excluding carboxylic acids is 2. The molecular formula is C30H39FN2O5. The van der Waals surface area contributed by atoms with Crippen LogP contribution in [0.15, 0.2) is 48.0 Å². The fourth-order valence-electron chi connectivity index (χ4n) is 4.81. The van der Waals surface area contributed by atoms with Gasteiger partial charge in [0.15, 0.2) is 0 Å². The van der Waals surface area contributed by atoms with Crippen LogP contribution in [-0.2, 0) is 9.59 Å². The number of hydrogen-bond acceptors (Lipinski definition) is 6. The Morgan fingerprint density at radius 3 is 2.16 bits per heavy atom. The maximum absolute atomic E-state index is 13.6. The lowest BCUT2D eigenvalue weighted by molar-refractivity contribution is -0.140. The Morgan fingerprint density at radius 1 is 0.947 bits per heavy atom. The van der Waals surface area contributed by atoms with E-state index < -0.39 is 23.5 Å². The minimum Gasteiger partial charge on any atom is -0.507 e. The van der Waals surface area contributed by atoms with E-state index >= 15 is 0 Å². The quantitative estimate of drug-likeness (QED) is 0.197. The van der Waals surface area contributed by atoms with Gasteiger partial charge in [0.1, 0.15) is 23.1 Å². The molecule has 1 aliphatic rings. The highest BCUT2D eigenvalue weighted by molar-refractivity contribution is 6.46. The summed E-state index contributed by atoms with van der Waals surface area (Å²) >= 11 is 0. The van der Waals surface area contributed by atoms with Crippen molar-refractivity contribution in [1.82, 2.24) is 9.80 Å². The summed E-state index contributed by atoms with van der Waals surface area (Å²) in [6.07, 6.45) is 5.09. The van der Waals surface area contributed by atoms with Crippen molar-refractivity contribution in [3.05, 3.63) is 65.0 Å². The van der Waals surface area contributed by atoms with Crippen molar-refractivity contribution in [2.45, 2.75) is 52.0 Å². The summed E-state index contributed by atoms with van der Waals surface area (Å²) in [7, 11) is 3.04. The molecule has 0 aliphatic carbocycles. The first-order chi connectivity index (χ1) is 18.4. The van der Waals surface area contributed by atoms with Crippen LogP contribution < -0.4 is 9.47 Å². The van der Waals surface area contributed by atoms with Gasteiger partial charge in [0, 0.05) is 17.7 Å². The molecule has 0 spiro atoms. The molecule has 0 saturated carbocycles. The number of ether oxygens (including phenoxy) is 2. The van der Waals surface area contributed by atoms with Gasteiger partial charge in [-0.15, -0.1) is 0 Å². The molecular weight excluding hydrogens is 487 g/mol. The summed E-state index contributed by atoms with van der Waals surface area (Å²) in [5, 5.41) is 11.2. The van der Waals surface area contributed by atoms with Crippen molar-refractivity contribution in [2.75, 3.05) is 40.4 Å². The number of Topliss-reactive ketones (excluding diaryl/α,β-unsaturated/α-hetero) is 1. The zero-order chi connectivity index (χ0) is 27.7. The first-order valence-electron chi connectivity index (χ1n) is 13.3. The minimum absolute atomic E-state index is 0.0537. The lowest BCUT2D eigenvalue weighted by Crippen LogP contribution is -2.34. The molecule has 1 heterocycles. The van der Waals surface area contributed by atoms with E-state index in [0.717, 1.165) is 45.3 Å². The summed E-state index contributed by atoms with van der Waals surface area (Å²) in [5.74, 6) is -1.30. The van der Waals surface area contributed by atoms with E-state index in [4.69, 9.17) is 9.47 Å². The number of amides is 1. The predicted molar refractivity (Wildman–Crippen MR) is 146 cm³/mol. The topological polar surface area (TPSA) is 79.3 Å². The molecule has 0 bridgehead atoms. The molecule has 0 radical (unpaired) electrons. The van der Waals surface area contributed by atoms with Gasteiger partial charge in [0.25, 0.3) is 11.7 Å². The Kier molecular flexibility index (Phi) is 10.7. The van der Waals surface area contributed by atoms with Gasteiger partial charge in [-0.3, -0.25) is 9.59 Å². The smallest absolute Gasteiger partial charge is 0.295 e. The van der Waals surface area contributed by atoms with Crippen molar-refractivity contribution in [1.29, 1.82) is 0 Å². The molecule has 206 valence electrons. The third kappa shape index (κ3) is 6.72. The van der Waals surface area contributed by atoms with E-state index in [2.05, 4.69) is 18.7 Å². The number of halogens is 1. The van der Waals surface area contributed by atoms with Crippen molar-refractivity contribution < 1.29 is 28.6 Å². The van der Waals surface area contributed by atoms with E-state index in [9.17, 15) is 19.1 Å². The Hall–Kier alpha value is -3.39. The van der Waals surface area contributed by atoms with Crippen LogP contribution in [0.25, 0.3) is 5.76 Å². The highest BCUT2D eigenvalue weighted by atomic mass is 19.1. The summed E-state index contributed by atoms with van der Waals surface area (Å²) < 4.78 is 24.6. The largest absolute Gasteiger partial charge is 0.507 e. The Bertz CT molecular complexity index is 1120. The number of hydrogen-bond donors (Lipinski definition) is 1. The van der Waals surface area contributed by atoms with E-state index in [0.29, 0.717) is 30.0 Å². The Balaban J connectivity index is 2.02. The summed E-state index contributed by atoms with van der Waals surface area (Å²) in [6, 6.07) is 9.45. The summed E-state index contributed by atoms with van der Waals surface area (Å²) in [5.41, 5.74) is 0.729. The SMILES string of the molecule is CCCCN(CCCC)CCCN1C(=O)C(=O)C(=C(O)c2ccc(F)cc2)[C@H]1c1cc(OC)ccc1OC. The number of unbranched alkanes of at least 4 members (excludes halogenated alkanes) is 2. The minimum atomic E-state index is -0.884. The normalized spacial score (nSPS) is 16.9. The zero-order valence-electron chi connectivity index (χ0n) is 22.8. The lowest BCUT2D eigenvalue weighted by atomic mass is 9.94. The first-order valence-corrected chi connectivity index (χ1v) is 13.3. The molecule has 1 saturated heterocycles. The van der Waals surface area contributed by atoms with Gasteiger partial charge in [0.05, 0.1) is 25.8 Å². The van der Waals surface area contributed by atoms with Crippen LogP contribution in [0.3, 0.4) is 0 Å². The second-order valence-corrected chi connectivity index (χ2v) is 9.51. The van der Waals surface area contributed by atoms with Gasteiger partial charge in [0.2, 0.25) is 0 Å². The maximum Gasteiger partial charge on any atom is 0.295 e. The maximum atomic E-state index is 13.6. The third-order valence-corrected chi connectivity index (χ3v) is 6.92. The van der Waals surface area contributed by atoms with Gasteiger partial charge < -0.3 is 24.4 Å². The lowest BCUT2D eigenvalue weighted by Gasteiger charge is -2.28. The molecule has 2 aromatic carbocycles. The number of rotatable bonds is 14. The number of ketones is 1. The molecule has 2 aromatic rings. The number of nitrogens with zero attached hydrogens (tertiary/aromatic N) is 2. The van der Waals surface area contributed by atoms with Gasteiger partial charge in [-0.1, -0.05) is 26.7 Å². The van der Waals surface area contributed by atoms with Gasteiger partial charge >= 0.3 is 0 Å². The second kappa shape index (κ2) is 14.0. The standard InChI is InChI=1S/C30H39FN2O5/c1-5-7-16-32(17-8-6-2)18-9-19-33-27(24-20-23(37-3)14-15-25(24)38-4)26(29(35)30(33)36)28(34)21-10-12-22(31)13-11-21/h10-15,20,27,34H,5-9,16-19H2,1-4H3/t27-/m1/s1. The molecule has 0 aromatic heterocycles. The van der Waals surface area contributed by atoms with Crippen LogP contribution in [0.4, 0.5) is 4.39 Å². The van der Waals surface area contributed by atoms with E-state index in [1.807, 2.05) is 0 Å². The molecule has 1 atom stereocenters. The van der Waals surface area contributed by atoms with E-state index in [1.165, 1.54) is 43.4 Å². The highest BCUT2D eigenvalue weighted by Gasteiger charge is 2.47. The van der Waals surface area contributed by atoms with Gasteiger partial charge in [-0.2, -0.15) is 0 Å². The molecule has 1 N–H and O–H groups in total. The number of methoxy groups -OCH3 is 2. The number of aliphatic hydroxyl groups excluding tert-OH is 1. The third-order valence-electron chi connectivity index (χ3n) is 6.92. The average molecular weight is 527 g/mol. The Labute approximate surface area is 224 Å². The second-order valence-electron chi connectivity index (χ2n) is 9.51. The number of likely N-dealkylation sites (tertiary alicyclic amines) is 1. The molecule has 0 unspecified atom stereocenters. The van der Waals surface area contributed by atoms with Crippen LogP contribution >= 0.6 is 0 Å². The van der Waals surface area contributed by atoms with Crippen LogP contribution in [0, 0.1) is 5.82 Å². The van der Waals surface area contributed by atoms with Crippen LogP contribution in [0.2, 0.25) is 0 Å². The van der Waals surface area contributed by atoms with E-state index in [-0.39, 0.29) is 16.9 Å². The average Bonchev–Trinajstić information content (AvgIpc) is 3.18. The predicted octanol–water partition coefficient (Wildman–Crippen LogP) is 5.56. The molecule has 8 heteroatoms. The summed E-state index contributed by atoms with van der Waals surface area (Å²) in [4.78, 5) is 30.6. The van der Waals surface area contributed by atoms with Crippen molar-refractivity contribution in [3.8, 4) is 11.5 Å². The number of benzene rings is 2. The van der Waals surface area contributed by atoms with Crippen molar-refractivity contribution >= 4 is 17.4 Å². The molecule has 1 fully saturated rings. The molecule has 38 heavy (non-hydrogen) atoms. The van der Waals surface area contributed by atoms with E-state index in [1.54, 1.807) is 18.2 Å². The van der Waals surface area contributed by atoms with Crippen molar-refractivity contribution in [3.63, 3.8) is 0 Å². The van der Waals surface area contributed by atoms with Crippen LogP contribution in [-0.4, -0.2) is 67.0 Å². The van der Waals surface area contributed by atoms with Gasteiger partial charge in [-0.25, -0.2) is 4.39 Å². The molecule has 7 nitrogen and oxygen atoms in total. The monoisotopic (exact) mass is 526 g/mol. The van der Waals surface area contributed by atoms with Gasteiger partial charge in [-0.05, 0) is 81.4 Å². The summed E-state index contributed by atoms with van der Waals surface area (Å²) in [6.45, 7) is 7.44. The fourth-order valence-corrected chi connectivity index (χ4v) is 4.81. The molecule has 3 rings (SSSR count). The highest BCUT2D eigenvalue weighted by Crippen LogP contribution is 2.44. The Morgan fingerprint density at radius 2 is 1.58 bits per heavy atom. The molecule has 1 aliphatic heterocycles. The first kappa shape index (κ1) is 29.2. The number of carbonyl (C=O) groups is 2. The zero-order valence-corrected chi connectivity index (χ0v) is 22.8.